The van der Waals surface area contributed by atoms with Crippen LogP contribution in [0.3, 0.4) is 0 Å². The van der Waals surface area contributed by atoms with Gasteiger partial charge in [0.2, 0.25) is 0 Å². The standard InChI is InChI=1S/C17H23N3O3/c1-4-20-14(9-10-19-20)17(21)18-12-13-7-8-15(22-5-2)16(11-13)23-6-3/h7-11H,4-6,12H2,1-3H3,(H,18,21). The maximum Gasteiger partial charge on any atom is 0.269 e. The third kappa shape index (κ3) is 4.25. The number of nitrogens with one attached hydrogen (secondary N) is 1. The molecule has 6 heteroatoms. The van der Waals surface area contributed by atoms with E-state index in [-0.39, 0.29) is 5.91 Å². The van der Waals surface area contributed by atoms with Crippen LogP contribution in [0.1, 0.15) is 36.8 Å². The first kappa shape index (κ1) is 16.9. The van der Waals surface area contributed by atoms with Crippen LogP contribution in [0.15, 0.2) is 30.5 Å². The summed E-state index contributed by atoms with van der Waals surface area (Å²) in [5.74, 6) is 1.27. The molecule has 0 bridgehead atoms. The van der Waals surface area contributed by atoms with E-state index in [1.54, 1.807) is 16.9 Å². The zero-order valence-corrected chi connectivity index (χ0v) is 13.8. The summed E-state index contributed by atoms with van der Waals surface area (Å²) in [4.78, 5) is 12.2. The van der Waals surface area contributed by atoms with Crippen LogP contribution in [-0.2, 0) is 13.1 Å². The molecule has 1 N–H and O–H groups in total. The summed E-state index contributed by atoms with van der Waals surface area (Å²) in [7, 11) is 0. The van der Waals surface area contributed by atoms with Crippen LogP contribution < -0.4 is 14.8 Å². The summed E-state index contributed by atoms with van der Waals surface area (Å²) >= 11 is 0. The van der Waals surface area contributed by atoms with Crippen LogP contribution in [0.4, 0.5) is 0 Å². The molecule has 0 fully saturated rings. The Balaban J connectivity index is 2.05. The lowest BCUT2D eigenvalue weighted by molar-refractivity contribution is 0.0940. The van der Waals surface area contributed by atoms with Crippen molar-refractivity contribution in [3.63, 3.8) is 0 Å². The molecule has 1 aromatic heterocycles. The minimum Gasteiger partial charge on any atom is -0.490 e. The van der Waals surface area contributed by atoms with Crippen molar-refractivity contribution >= 4 is 5.91 Å². The van der Waals surface area contributed by atoms with E-state index in [2.05, 4.69) is 10.4 Å². The van der Waals surface area contributed by atoms with E-state index in [0.717, 1.165) is 5.56 Å². The average molecular weight is 317 g/mol. The van der Waals surface area contributed by atoms with Gasteiger partial charge in [-0.2, -0.15) is 5.10 Å². The summed E-state index contributed by atoms with van der Waals surface area (Å²) in [5, 5.41) is 7.00. The van der Waals surface area contributed by atoms with Crippen molar-refractivity contribution in [2.75, 3.05) is 13.2 Å². The van der Waals surface area contributed by atoms with E-state index < -0.39 is 0 Å². The van der Waals surface area contributed by atoms with Crippen molar-refractivity contribution in [2.24, 2.45) is 0 Å². The first-order chi connectivity index (χ1) is 11.2. The monoisotopic (exact) mass is 317 g/mol. The van der Waals surface area contributed by atoms with Gasteiger partial charge in [0.15, 0.2) is 11.5 Å². The molecule has 0 saturated carbocycles. The minimum absolute atomic E-state index is 0.142. The second-order valence-corrected chi connectivity index (χ2v) is 4.86. The van der Waals surface area contributed by atoms with E-state index >= 15 is 0 Å². The number of rotatable bonds is 8. The molecule has 0 aliphatic carbocycles. The molecular weight excluding hydrogens is 294 g/mol. The number of carbonyl (C=O) groups excluding carboxylic acids is 1. The number of carbonyl (C=O) groups is 1. The molecule has 23 heavy (non-hydrogen) atoms. The third-order valence-corrected chi connectivity index (χ3v) is 3.31. The first-order valence-corrected chi connectivity index (χ1v) is 7.88. The van der Waals surface area contributed by atoms with Gasteiger partial charge in [0.1, 0.15) is 5.69 Å². The maximum absolute atomic E-state index is 12.2. The Hall–Kier alpha value is -2.50. The number of aryl methyl sites for hydroxylation is 1. The van der Waals surface area contributed by atoms with Crippen molar-refractivity contribution in [1.82, 2.24) is 15.1 Å². The summed E-state index contributed by atoms with van der Waals surface area (Å²) in [6, 6.07) is 7.39. The molecule has 1 amide bonds. The third-order valence-electron chi connectivity index (χ3n) is 3.31. The highest BCUT2D eigenvalue weighted by molar-refractivity contribution is 5.92. The lowest BCUT2D eigenvalue weighted by Gasteiger charge is -2.13. The molecule has 2 aromatic rings. The molecular formula is C17H23N3O3. The highest BCUT2D eigenvalue weighted by Gasteiger charge is 2.11. The maximum atomic E-state index is 12.2. The molecule has 124 valence electrons. The van der Waals surface area contributed by atoms with Gasteiger partial charge in [-0.1, -0.05) is 6.07 Å². The number of aromatic nitrogens is 2. The molecule has 0 aliphatic rings. The van der Waals surface area contributed by atoms with Gasteiger partial charge in [0.05, 0.1) is 13.2 Å². The Morgan fingerprint density at radius 3 is 2.57 bits per heavy atom. The highest BCUT2D eigenvalue weighted by Crippen LogP contribution is 2.28. The fraction of sp³-hybridized carbons (Fsp3) is 0.412. The topological polar surface area (TPSA) is 65.4 Å². The van der Waals surface area contributed by atoms with Gasteiger partial charge in [0.25, 0.3) is 5.91 Å². The molecule has 1 heterocycles. The number of hydrogen-bond acceptors (Lipinski definition) is 4. The molecule has 0 atom stereocenters. The van der Waals surface area contributed by atoms with Crippen LogP contribution in [-0.4, -0.2) is 28.9 Å². The van der Waals surface area contributed by atoms with Crippen LogP contribution in [0.5, 0.6) is 11.5 Å². The summed E-state index contributed by atoms with van der Waals surface area (Å²) in [6.45, 7) is 8.03. The van der Waals surface area contributed by atoms with E-state index in [1.807, 2.05) is 39.0 Å². The van der Waals surface area contributed by atoms with Gasteiger partial charge in [-0.05, 0) is 44.5 Å². The summed E-state index contributed by atoms with van der Waals surface area (Å²) in [5.41, 5.74) is 1.51. The molecule has 0 aliphatic heterocycles. The van der Waals surface area contributed by atoms with Gasteiger partial charge < -0.3 is 14.8 Å². The molecule has 0 saturated heterocycles. The Morgan fingerprint density at radius 1 is 1.13 bits per heavy atom. The van der Waals surface area contributed by atoms with Crippen LogP contribution in [0.2, 0.25) is 0 Å². The second-order valence-electron chi connectivity index (χ2n) is 4.86. The van der Waals surface area contributed by atoms with Crippen molar-refractivity contribution in [1.29, 1.82) is 0 Å². The number of amides is 1. The van der Waals surface area contributed by atoms with Gasteiger partial charge in [-0.3, -0.25) is 9.48 Å². The summed E-state index contributed by atoms with van der Waals surface area (Å²) < 4.78 is 12.8. The van der Waals surface area contributed by atoms with Crippen LogP contribution in [0.25, 0.3) is 0 Å². The van der Waals surface area contributed by atoms with Crippen molar-refractivity contribution in [2.45, 2.75) is 33.9 Å². The first-order valence-electron chi connectivity index (χ1n) is 7.88. The highest BCUT2D eigenvalue weighted by atomic mass is 16.5. The van der Waals surface area contributed by atoms with Crippen LogP contribution in [0, 0.1) is 0 Å². The predicted molar refractivity (Wildman–Crippen MR) is 87.9 cm³/mol. The van der Waals surface area contributed by atoms with Gasteiger partial charge >= 0.3 is 0 Å². The smallest absolute Gasteiger partial charge is 0.269 e. The van der Waals surface area contributed by atoms with E-state index in [1.165, 1.54) is 0 Å². The largest absolute Gasteiger partial charge is 0.490 e. The quantitative estimate of drug-likeness (QED) is 0.813. The van der Waals surface area contributed by atoms with E-state index in [9.17, 15) is 4.79 Å². The van der Waals surface area contributed by atoms with E-state index in [0.29, 0.717) is 43.5 Å². The fourth-order valence-corrected chi connectivity index (χ4v) is 2.26. The van der Waals surface area contributed by atoms with Gasteiger partial charge in [0, 0.05) is 19.3 Å². The predicted octanol–water partition coefficient (Wildman–Crippen LogP) is 2.63. The Labute approximate surface area is 136 Å². The lowest BCUT2D eigenvalue weighted by atomic mass is 10.2. The second kappa shape index (κ2) is 8.22. The number of hydrogen-bond donors (Lipinski definition) is 1. The average Bonchev–Trinajstić information content (AvgIpc) is 3.04. The molecule has 0 radical (unpaired) electrons. The fourth-order valence-electron chi connectivity index (χ4n) is 2.26. The molecule has 6 nitrogen and oxygen atoms in total. The number of ether oxygens (including phenoxy) is 2. The molecule has 2 rings (SSSR count). The number of nitrogens with zero attached hydrogens (tertiary/aromatic N) is 2. The van der Waals surface area contributed by atoms with Gasteiger partial charge in [-0.15, -0.1) is 0 Å². The normalized spacial score (nSPS) is 10.4. The molecule has 1 aromatic carbocycles. The van der Waals surface area contributed by atoms with Gasteiger partial charge in [-0.25, -0.2) is 0 Å². The Kier molecular flexibility index (Phi) is 6.02. The number of benzene rings is 1. The van der Waals surface area contributed by atoms with Crippen LogP contribution >= 0.6 is 0 Å². The summed E-state index contributed by atoms with van der Waals surface area (Å²) in [6.07, 6.45) is 1.63. The molecule has 0 unspecified atom stereocenters. The SMILES string of the molecule is CCOc1ccc(CNC(=O)c2ccnn2CC)cc1OCC. The van der Waals surface area contributed by atoms with Crippen molar-refractivity contribution in [3.05, 3.63) is 41.7 Å². The Morgan fingerprint density at radius 2 is 1.87 bits per heavy atom. The molecule has 0 spiro atoms. The Bertz CT molecular complexity index is 652. The van der Waals surface area contributed by atoms with Crippen molar-refractivity contribution in [3.8, 4) is 11.5 Å². The zero-order valence-electron chi connectivity index (χ0n) is 13.8. The van der Waals surface area contributed by atoms with E-state index in [4.69, 9.17) is 9.47 Å². The zero-order chi connectivity index (χ0) is 16.7. The minimum atomic E-state index is -0.142. The lowest BCUT2D eigenvalue weighted by Crippen LogP contribution is -2.25. The van der Waals surface area contributed by atoms with Crippen molar-refractivity contribution < 1.29 is 14.3 Å².